The third-order valence-corrected chi connectivity index (χ3v) is 10.6. The van der Waals surface area contributed by atoms with E-state index in [0.29, 0.717) is 0 Å². The topological polar surface area (TPSA) is 119 Å². The van der Waals surface area contributed by atoms with Crippen LogP contribution in [0.1, 0.15) is 232 Å². The molecule has 0 spiro atoms. The summed E-state index contributed by atoms with van der Waals surface area (Å²) in [5.74, 6) is -1.13. The van der Waals surface area contributed by atoms with E-state index in [-0.39, 0.29) is 13.0 Å². The molecular weight excluding hydrogens is 699 g/mol. The second-order valence-corrected chi connectivity index (χ2v) is 16.7. The number of esters is 2. The van der Waals surface area contributed by atoms with Crippen LogP contribution in [0.3, 0.4) is 0 Å². The van der Waals surface area contributed by atoms with E-state index in [1.807, 2.05) is 6.08 Å². The molecule has 0 amide bonds. The first-order valence-corrected chi connectivity index (χ1v) is 24.2. The van der Waals surface area contributed by atoms with Gasteiger partial charge in [0.1, 0.15) is 6.61 Å². The molecule has 9 heteroatoms. The van der Waals surface area contributed by atoms with Gasteiger partial charge < -0.3 is 19.3 Å². The van der Waals surface area contributed by atoms with Crippen molar-refractivity contribution in [2.45, 2.75) is 238 Å². The standard InChI is InChI=1S/C45H85O8P/c1-3-5-7-9-11-13-15-17-19-20-21-22-23-24-26-27-29-31-33-35-37-39-44(46)51-41-43(42-52-54(48,49)50)53-45(47)40-38-36-34-32-30-28-25-18-16-14-12-10-8-6-4-2/h34,36,38,40,43H,3-33,35,37,39,41-42H2,1-2H3,(H2,48,49,50)/b36-34+,40-38+/t43-/m1/s1. The fourth-order valence-electron chi connectivity index (χ4n) is 6.69. The van der Waals surface area contributed by atoms with Crippen molar-refractivity contribution in [2.24, 2.45) is 0 Å². The van der Waals surface area contributed by atoms with Gasteiger partial charge in [-0.15, -0.1) is 0 Å². The van der Waals surface area contributed by atoms with Crippen molar-refractivity contribution in [3.63, 3.8) is 0 Å². The molecule has 54 heavy (non-hydrogen) atoms. The monoisotopic (exact) mass is 785 g/mol. The molecule has 0 unspecified atom stereocenters. The molecule has 0 aliphatic heterocycles. The Bertz CT molecular complexity index is 931. The SMILES string of the molecule is CCCCCCCCCCCCC/C=C/C=C/C(=O)O[C@H](COC(=O)CCCCCCCCCCCCCCCCCCCCCCC)COP(=O)(O)O. The van der Waals surface area contributed by atoms with Gasteiger partial charge in [0.25, 0.3) is 0 Å². The number of allylic oxidation sites excluding steroid dienone is 3. The van der Waals surface area contributed by atoms with Crippen LogP contribution in [0, 0.1) is 0 Å². The lowest BCUT2D eigenvalue weighted by Gasteiger charge is -2.17. The van der Waals surface area contributed by atoms with Gasteiger partial charge in [0.15, 0.2) is 6.10 Å². The van der Waals surface area contributed by atoms with Gasteiger partial charge in [-0.3, -0.25) is 9.32 Å². The fraction of sp³-hybridized carbons (Fsp3) is 0.867. The Morgan fingerprint density at radius 2 is 0.889 bits per heavy atom. The van der Waals surface area contributed by atoms with Crippen LogP contribution in [0.4, 0.5) is 0 Å². The number of hydrogen-bond acceptors (Lipinski definition) is 6. The van der Waals surface area contributed by atoms with Gasteiger partial charge in [-0.25, -0.2) is 9.36 Å². The highest BCUT2D eigenvalue weighted by Gasteiger charge is 2.22. The molecule has 0 radical (unpaired) electrons. The van der Waals surface area contributed by atoms with E-state index in [4.69, 9.17) is 19.3 Å². The van der Waals surface area contributed by atoms with Crippen LogP contribution in [0.2, 0.25) is 0 Å². The molecule has 0 aliphatic carbocycles. The van der Waals surface area contributed by atoms with Crippen LogP contribution in [0.5, 0.6) is 0 Å². The van der Waals surface area contributed by atoms with Gasteiger partial charge in [-0.05, 0) is 19.3 Å². The Hall–Kier alpha value is -1.47. The maximum Gasteiger partial charge on any atom is 0.469 e. The van der Waals surface area contributed by atoms with Gasteiger partial charge in [0.2, 0.25) is 0 Å². The Kier molecular flexibility index (Phi) is 40.1. The summed E-state index contributed by atoms with van der Waals surface area (Å²) in [5.41, 5.74) is 0. The van der Waals surface area contributed by atoms with Crippen molar-refractivity contribution in [3.05, 3.63) is 24.3 Å². The molecule has 0 bridgehead atoms. The molecular formula is C45H85O8P. The van der Waals surface area contributed by atoms with Gasteiger partial charge in [-0.2, -0.15) is 0 Å². The lowest BCUT2D eigenvalue weighted by Crippen LogP contribution is -2.29. The zero-order valence-corrected chi connectivity index (χ0v) is 36.0. The van der Waals surface area contributed by atoms with E-state index >= 15 is 0 Å². The smallest absolute Gasteiger partial charge is 0.462 e. The number of rotatable bonds is 42. The summed E-state index contributed by atoms with van der Waals surface area (Å²) < 4.78 is 26.2. The van der Waals surface area contributed by atoms with E-state index in [1.165, 1.54) is 186 Å². The van der Waals surface area contributed by atoms with E-state index in [9.17, 15) is 14.2 Å². The molecule has 0 aromatic carbocycles. The first kappa shape index (κ1) is 52.5. The average Bonchev–Trinajstić information content (AvgIpc) is 3.14. The molecule has 0 saturated heterocycles. The number of phosphoric ester groups is 1. The number of hydrogen-bond donors (Lipinski definition) is 2. The molecule has 1 atom stereocenters. The molecule has 0 aromatic rings. The van der Waals surface area contributed by atoms with Gasteiger partial charge in [0, 0.05) is 12.5 Å². The first-order valence-electron chi connectivity index (χ1n) is 22.7. The molecule has 0 fully saturated rings. The number of carbonyl (C=O) groups excluding carboxylic acids is 2. The van der Waals surface area contributed by atoms with Gasteiger partial charge >= 0.3 is 19.8 Å². The average molecular weight is 785 g/mol. The van der Waals surface area contributed by atoms with Crippen LogP contribution in [-0.2, 0) is 28.2 Å². The molecule has 318 valence electrons. The first-order chi connectivity index (χ1) is 26.3. The zero-order chi connectivity index (χ0) is 39.6. The summed E-state index contributed by atoms with van der Waals surface area (Å²) in [6.45, 7) is 3.62. The lowest BCUT2D eigenvalue weighted by molar-refractivity contribution is -0.157. The summed E-state index contributed by atoms with van der Waals surface area (Å²) in [6.07, 6.45) is 48.3. The Morgan fingerprint density at radius 1 is 0.519 bits per heavy atom. The highest BCUT2D eigenvalue weighted by Crippen LogP contribution is 2.36. The highest BCUT2D eigenvalue weighted by atomic mass is 31.2. The van der Waals surface area contributed by atoms with Crippen LogP contribution >= 0.6 is 7.82 Å². The molecule has 0 saturated carbocycles. The minimum atomic E-state index is -4.78. The van der Waals surface area contributed by atoms with Gasteiger partial charge in [-0.1, -0.05) is 225 Å². The van der Waals surface area contributed by atoms with E-state index in [1.54, 1.807) is 12.2 Å². The normalized spacial score (nSPS) is 12.6. The largest absolute Gasteiger partial charge is 0.469 e. The lowest BCUT2D eigenvalue weighted by atomic mass is 10.0. The predicted molar refractivity (Wildman–Crippen MR) is 225 cm³/mol. The van der Waals surface area contributed by atoms with Crippen molar-refractivity contribution < 1.29 is 37.9 Å². The summed E-state index contributed by atoms with van der Waals surface area (Å²) >= 11 is 0. The maximum atomic E-state index is 12.3. The molecule has 2 N–H and O–H groups in total. The highest BCUT2D eigenvalue weighted by molar-refractivity contribution is 7.46. The van der Waals surface area contributed by atoms with Crippen molar-refractivity contribution in [1.29, 1.82) is 0 Å². The van der Waals surface area contributed by atoms with Crippen LogP contribution < -0.4 is 0 Å². The molecule has 0 rings (SSSR count). The number of phosphoric acid groups is 1. The number of ether oxygens (including phenoxy) is 2. The molecule has 0 heterocycles. The van der Waals surface area contributed by atoms with Crippen LogP contribution in [-0.4, -0.2) is 41.0 Å². The Morgan fingerprint density at radius 3 is 1.28 bits per heavy atom. The molecule has 0 aromatic heterocycles. The summed E-state index contributed by atoms with van der Waals surface area (Å²) in [6, 6.07) is 0. The maximum absolute atomic E-state index is 12.3. The third-order valence-electron chi connectivity index (χ3n) is 10.1. The second-order valence-electron chi connectivity index (χ2n) is 15.5. The van der Waals surface area contributed by atoms with E-state index in [0.717, 1.165) is 32.1 Å². The number of carbonyl (C=O) groups is 2. The van der Waals surface area contributed by atoms with Crippen molar-refractivity contribution in [1.82, 2.24) is 0 Å². The van der Waals surface area contributed by atoms with Crippen molar-refractivity contribution >= 4 is 19.8 Å². The quantitative estimate of drug-likeness (QED) is 0.0206. The second kappa shape index (κ2) is 41.2. The fourth-order valence-corrected chi connectivity index (χ4v) is 7.06. The van der Waals surface area contributed by atoms with E-state index in [2.05, 4.69) is 18.4 Å². The van der Waals surface area contributed by atoms with Gasteiger partial charge in [0.05, 0.1) is 6.61 Å². The summed E-state index contributed by atoms with van der Waals surface area (Å²) in [5, 5.41) is 0. The predicted octanol–water partition coefficient (Wildman–Crippen LogP) is 14.0. The van der Waals surface area contributed by atoms with Crippen LogP contribution in [0.15, 0.2) is 24.3 Å². The summed E-state index contributed by atoms with van der Waals surface area (Å²) in [4.78, 5) is 42.7. The minimum absolute atomic E-state index is 0.253. The third kappa shape index (κ3) is 43.3. The Balaban J connectivity index is 3.89. The molecule has 8 nitrogen and oxygen atoms in total. The van der Waals surface area contributed by atoms with E-state index < -0.39 is 32.5 Å². The minimum Gasteiger partial charge on any atom is -0.462 e. The Labute approximate surface area is 332 Å². The van der Waals surface area contributed by atoms with Crippen LogP contribution in [0.25, 0.3) is 0 Å². The summed E-state index contributed by atoms with van der Waals surface area (Å²) in [7, 11) is -4.78. The van der Waals surface area contributed by atoms with Crippen molar-refractivity contribution in [3.8, 4) is 0 Å². The molecule has 0 aliphatic rings. The number of unbranched alkanes of at least 4 members (excludes halogenated alkanes) is 31. The van der Waals surface area contributed by atoms with Crippen molar-refractivity contribution in [2.75, 3.05) is 13.2 Å². The zero-order valence-electron chi connectivity index (χ0n) is 35.1.